The minimum absolute atomic E-state index is 0.0324. The van der Waals surface area contributed by atoms with Crippen LogP contribution in [0.1, 0.15) is 23.6 Å². The maximum Gasteiger partial charge on any atom is 0.244 e. The molecular formula is C13H19NO2S. The number of rotatable bonds is 5. The van der Waals surface area contributed by atoms with Crippen LogP contribution >= 0.6 is 11.3 Å². The van der Waals surface area contributed by atoms with Gasteiger partial charge in [-0.25, -0.2) is 0 Å². The maximum atomic E-state index is 11.6. The molecule has 4 heteroatoms. The summed E-state index contributed by atoms with van der Waals surface area (Å²) < 4.78 is 0. The van der Waals surface area contributed by atoms with E-state index in [0.717, 1.165) is 4.88 Å². The first kappa shape index (κ1) is 13.9. The molecule has 0 radical (unpaired) electrons. The molecule has 3 nitrogen and oxygen atoms in total. The fraction of sp³-hybridized carbons (Fsp3) is 0.462. The van der Waals surface area contributed by atoms with Gasteiger partial charge in [-0.05, 0) is 31.1 Å². The second-order valence-corrected chi connectivity index (χ2v) is 5.64. The molecule has 1 heterocycles. The van der Waals surface area contributed by atoms with Gasteiger partial charge in [0.1, 0.15) is 0 Å². The molecule has 1 amide bonds. The number of thiophene rings is 1. The van der Waals surface area contributed by atoms with Crippen LogP contribution in [-0.4, -0.2) is 23.7 Å². The Kier molecular flexibility index (Phi) is 5.38. The van der Waals surface area contributed by atoms with Gasteiger partial charge in [0.25, 0.3) is 0 Å². The predicted molar refractivity (Wildman–Crippen MR) is 71.9 cm³/mol. The van der Waals surface area contributed by atoms with Crippen molar-refractivity contribution in [1.29, 1.82) is 0 Å². The van der Waals surface area contributed by atoms with Crippen LogP contribution in [0.4, 0.5) is 0 Å². The molecule has 0 bridgehead atoms. The highest BCUT2D eigenvalue weighted by Crippen LogP contribution is 2.16. The standard InChI is InChI=1S/C13H19NO2S/c1-9(2)12(8-15)14-13(16)7-6-11-5-4-10(3)17-11/h4-7,9,12,15H,8H2,1-3H3,(H,14,16)/t12-/m1/s1. The number of hydrogen-bond acceptors (Lipinski definition) is 3. The summed E-state index contributed by atoms with van der Waals surface area (Å²) in [5.41, 5.74) is 0. The van der Waals surface area contributed by atoms with E-state index in [2.05, 4.69) is 5.32 Å². The van der Waals surface area contributed by atoms with Crippen molar-refractivity contribution in [3.8, 4) is 0 Å². The van der Waals surface area contributed by atoms with Gasteiger partial charge in [-0.3, -0.25) is 4.79 Å². The second kappa shape index (κ2) is 6.57. The van der Waals surface area contributed by atoms with Gasteiger partial charge in [0, 0.05) is 15.8 Å². The summed E-state index contributed by atoms with van der Waals surface area (Å²) >= 11 is 1.64. The van der Waals surface area contributed by atoms with Crippen LogP contribution < -0.4 is 5.32 Å². The molecule has 0 fully saturated rings. The molecule has 0 aliphatic rings. The van der Waals surface area contributed by atoms with Gasteiger partial charge >= 0.3 is 0 Å². The molecule has 0 aromatic carbocycles. The van der Waals surface area contributed by atoms with Crippen LogP contribution in [0.15, 0.2) is 18.2 Å². The molecule has 1 aromatic heterocycles. The Hall–Kier alpha value is -1.13. The molecule has 94 valence electrons. The van der Waals surface area contributed by atoms with Gasteiger partial charge in [-0.2, -0.15) is 0 Å². The minimum Gasteiger partial charge on any atom is -0.394 e. The van der Waals surface area contributed by atoms with E-state index in [1.54, 1.807) is 17.4 Å². The molecule has 0 unspecified atom stereocenters. The molecule has 0 aliphatic carbocycles. The second-order valence-electron chi connectivity index (χ2n) is 4.32. The molecule has 0 saturated heterocycles. The number of nitrogens with one attached hydrogen (secondary N) is 1. The van der Waals surface area contributed by atoms with Crippen LogP contribution in [0.5, 0.6) is 0 Å². The Bertz CT molecular complexity index is 396. The number of aliphatic hydroxyl groups is 1. The Morgan fingerprint density at radius 2 is 2.24 bits per heavy atom. The lowest BCUT2D eigenvalue weighted by atomic mass is 10.1. The van der Waals surface area contributed by atoms with Crippen molar-refractivity contribution < 1.29 is 9.90 Å². The summed E-state index contributed by atoms with van der Waals surface area (Å²) in [6.07, 6.45) is 3.30. The zero-order valence-corrected chi connectivity index (χ0v) is 11.3. The fourth-order valence-electron chi connectivity index (χ4n) is 1.35. The zero-order chi connectivity index (χ0) is 12.8. The third kappa shape index (κ3) is 4.71. The first-order chi connectivity index (χ1) is 8.02. The van der Waals surface area contributed by atoms with Crippen molar-refractivity contribution in [3.63, 3.8) is 0 Å². The van der Waals surface area contributed by atoms with E-state index in [4.69, 9.17) is 5.11 Å². The van der Waals surface area contributed by atoms with E-state index in [-0.39, 0.29) is 24.5 Å². The Balaban J connectivity index is 2.52. The molecule has 2 N–H and O–H groups in total. The van der Waals surface area contributed by atoms with Gasteiger partial charge in [0.2, 0.25) is 5.91 Å². The molecule has 1 atom stereocenters. The average molecular weight is 253 g/mol. The van der Waals surface area contributed by atoms with Gasteiger partial charge in [-0.15, -0.1) is 11.3 Å². The molecule has 0 spiro atoms. The van der Waals surface area contributed by atoms with E-state index in [1.807, 2.05) is 32.9 Å². The third-order valence-corrected chi connectivity index (χ3v) is 3.46. The van der Waals surface area contributed by atoms with Crippen LogP contribution in [0.3, 0.4) is 0 Å². The van der Waals surface area contributed by atoms with Gasteiger partial charge in [0.15, 0.2) is 0 Å². The zero-order valence-electron chi connectivity index (χ0n) is 10.4. The van der Waals surface area contributed by atoms with Crippen LogP contribution in [-0.2, 0) is 4.79 Å². The monoisotopic (exact) mass is 253 g/mol. The molecule has 0 saturated carbocycles. The Morgan fingerprint density at radius 3 is 2.71 bits per heavy atom. The van der Waals surface area contributed by atoms with E-state index in [1.165, 1.54) is 11.0 Å². The van der Waals surface area contributed by atoms with Crippen molar-refractivity contribution in [2.24, 2.45) is 5.92 Å². The maximum absolute atomic E-state index is 11.6. The molecule has 17 heavy (non-hydrogen) atoms. The van der Waals surface area contributed by atoms with E-state index in [9.17, 15) is 4.79 Å². The van der Waals surface area contributed by atoms with Crippen LogP contribution in [0.25, 0.3) is 6.08 Å². The van der Waals surface area contributed by atoms with Gasteiger partial charge in [0.05, 0.1) is 12.6 Å². The minimum atomic E-state index is -0.183. The van der Waals surface area contributed by atoms with Crippen LogP contribution in [0, 0.1) is 12.8 Å². The van der Waals surface area contributed by atoms with E-state index < -0.39 is 0 Å². The molecular weight excluding hydrogens is 234 g/mol. The summed E-state index contributed by atoms with van der Waals surface area (Å²) in [5, 5.41) is 11.9. The lowest BCUT2D eigenvalue weighted by molar-refractivity contribution is -0.117. The number of hydrogen-bond donors (Lipinski definition) is 2. The number of aryl methyl sites for hydroxylation is 1. The first-order valence-corrected chi connectivity index (χ1v) is 6.50. The number of carbonyl (C=O) groups is 1. The SMILES string of the molecule is Cc1ccc(C=CC(=O)N[C@H](CO)C(C)C)s1. The van der Waals surface area contributed by atoms with Gasteiger partial charge in [-0.1, -0.05) is 13.8 Å². The number of carbonyl (C=O) groups excluding carboxylic acids is 1. The third-order valence-electron chi connectivity index (χ3n) is 2.49. The van der Waals surface area contributed by atoms with Crippen molar-refractivity contribution in [2.45, 2.75) is 26.8 Å². The Morgan fingerprint density at radius 1 is 1.53 bits per heavy atom. The van der Waals surface area contributed by atoms with E-state index >= 15 is 0 Å². The summed E-state index contributed by atoms with van der Waals surface area (Å²) in [7, 11) is 0. The molecule has 0 aliphatic heterocycles. The summed E-state index contributed by atoms with van der Waals surface area (Å²) in [5.74, 6) is 0.0603. The fourth-order valence-corrected chi connectivity index (χ4v) is 2.13. The van der Waals surface area contributed by atoms with Crippen molar-refractivity contribution >= 4 is 23.3 Å². The lowest BCUT2D eigenvalue weighted by Crippen LogP contribution is -2.40. The largest absolute Gasteiger partial charge is 0.394 e. The predicted octanol–water partition coefficient (Wildman–Crippen LogP) is 2.20. The smallest absolute Gasteiger partial charge is 0.244 e. The molecule has 1 aromatic rings. The molecule has 1 rings (SSSR count). The van der Waals surface area contributed by atoms with Crippen molar-refractivity contribution in [1.82, 2.24) is 5.32 Å². The number of aliphatic hydroxyl groups excluding tert-OH is 1. The summed E-state index contributed by atoms with van der Waals surface area (Å²) in [6, 6.07) is 3.82. The highest BCUT2D eigenvalue weighted by atomic mass is 32.1. The quantitative estimate of drug-likeness (QED) is 0.790. The topological polar surface area (TPSA) is 49.3 Å². The summed E-state index contributed by atoms with van der Waals surface area (Å²) in [4.78, 5) is 13.9. The van der Waals surface area contributed by atoms with E-state index in [0.29, 0.717) is 0 Å². The van der Waals surface area contributed by atoms with Gasteiger partial charge < -0.3 is 10.4 Å². The Labute approximate surface area is 106 Å². The number of amides is 1. The first-order valence-electron chi connectivity index (χ1n) is 5.68. The van der Waals surface area contributed by atoms with Crippen molar-refractivity contribution in [3.05, 3.63) is 28.0 Å². The van der Waals surface area contributed by atoms with Crippen molar-refractivity contribution in [2.75, 3.05) is 6.61 Å². The highest BCUT2D eigenvalue weighted by molar-refractivity contribution is 7.12. The van der Waals surface area contributed by atoms with Crippen LogP contribution in [0.2, 0.25) is 0 Å². The highest BCUT2D eigenvalue weighted by Gasteiger charge is 2.13. The average Bonchev–Trinajstić information content (AvgIpc) is 2.68. The lowest BCUT2D eigenvalue weighted by Gasteiger charge is -2.18. The summed E-state index contributed by atoms with van der Waals surface area (Å²) in [6.45, 7) is 5.93. The normalized spacial score (nSPS) is 13.2.